The smallest absolute Gasteiger partial charge is 0.325 e. The minimum atomic E-state index is -0.829. The van der Waals surface area contributed by atoms with Crippen LogP contribution in [0.4, 0.5) is 0 Å². The van der Waals surface area contributed by atoms with Crippen LogP contribution in [0.2, 0.25) is 0 Å². The number of aromatic amines is 1. The quantitative estimate of drug-likeness (QED) is 0.750. The summed E-state index contributed by atoms with van der Waals surface area (Å²) in [6.45, 7) is 2.01. The van der Waals surface area contributed by atoms with Gasteiger partial charge in [-0.2, -0.15) is 0 Å². The summed E-state index contributed by atoms with van der Waals surface area (Å²) >= 11 is 0. The Morgan fingerprint density at radius 3 is 2.81 bits per heavy atom. The van der Waals surface area contributed by atoms with Crippen molar-refractivity contribution in [1.29, 1.82) is 0 Å². The summed E-state index contributed by atoms with van der Waals surface area (Å²) in [7, 11) is 0. The molecule has 2 bridgehead atoms. The number of carboxylic acid groups (broad SMARTS) is 1. The lowest BCUT2D eigenvalue weighted by molar-refractivity contribution is -0.144. The van der Waals surface area contributed by atoms with Gasteiger partial charge in [0.1, 0.15) is 6.04 Å². The number of aliphatic carboxylic acids is 1. The van der Waals surface area contributed by atoms with Crippen LogP contribution in [0.1, 0.15) is 29.6 Å². The Kier molecular flexibility index (Phi) is 3.68. The van der Waals surface area contributed by atoms with E-state index in [9.17, 15) is 14.7 Å². The maximum Gasteiger partial charge on any atom is 0.325 e. The molecule has 3 aromatic rings. The van der Waals surface area contributed by atoms with Crippen LogP contribution in [0, 0.1) is 5.92 Å². The highest BCUT2D eigenvalue weighted by molar-refractivity contribution is 5.89. The number of likely N-dealkylation sites (tertiary alicyclic amines) is 1. The second-order valence-corrected chi connectivity index (χ2v) is 7.68. The van der Waals surface area contributed by atoms with Gasteiger partial charge in [0.05, 0.1) is 0 Å². The lowest BCUT2D eigenvalue weighted by Crippen LogP contribution is -2.49. The molecule has 2 aliphatic rings. The maximum atomic E-state index is 12.2. The zero-order valence-electron chi connectivity index (χ0n) is 14.8. The predicted molar refractivity (Wildman–Crippen MR) is 102 cm³/mol. The normalized spacial score (nSPS) is 23.1. The van der Waals surface area contributed by atoms with Crippen molar-refractivity contribution in [3.63, 3.8) is 0 Å². The highest BCUT2D eigenvalue weighted by Crippen LogP contribution is 2.39. The zero-order valence-corrected chi connectivity index (χ0v) is 14.8. The van der Waals surface area contributed by atoms with Gasteiger partial charge in [-0.15, -0.1) is 0 Å². The van der Waals surface area contributed by atoms with Gasteiger partial charge in [-0.25, -0.2) is 0 Å². The average molecular weight is 363 g/mol. The summed E-state index contributed by atoms with van der Waals surface area (Å²) in [4.78, 5) is 29.7. The molecule has 2 aromatic heterocycles. The monoisotopic (exact) mass is 363 g/mol. The van der Waals surface area contributed by atoms with Gasteiger partial charge in [0.2, 0.25) is 0 Å². The number of carbonyl (C=O) groups is 1. The molecule has 1 fully saturated rings. The van der Waals surface area contributed by atoms with Crippen molar-refractivity contribution in [2.45, 2.75) is 24.9 Å². The molecule has 6 nitrogen and oxygen atoms in total. The number of pyridine rings is 1. The first-order valence-corrected chi connectivity index (χ1v) is 9.34. The predicted octanol–water partition coefficient (Wildman–Crippen LogP) is 2.57. The Morgan fingerprint density at radius 2 is 1.96 bits per heavy atom. The minimum absolute atomic E-state index is 0.0436. The van der Waals surface area contributed by atoms with Crippen LogP contribution in [0.25, 0.3) is 10.9 Å². The van der Waals surface area contributed by atoms with Crippen LogP contribution in [0.3, 0.4) is 0 Å². The molecule has 138 valence electrons. The Hall–Kier alpha value is -2.86. The molecule has 5 rings (SSSR count). The van der Waals surface area contributed by atoms with Gasteiger partial charge in [-0.1, -0.05) is 24.3 Å². The number of nitrogens with zero attached hydrogens (tertiary/aromatic N) is 2. The van der Waals surface area contributed by atoms with E-state index in [-0.39, 0.29) is 11.5 Å². The summed E-state index contributed by atoms with van der Waals surface area (Å²) < 4.78 is 1.87. The van der Waals surface area contributed by atoms with Crippen molar-refractivity contribution in [3.8, 4) is 0 Å². The molecule has 3 atom stereocenters. The molecule has 0 saturated carbocycles. The molecule has 0 unspecified atom stereocenters. The summed E-state index contributed by atoms with van der Waals surface area (Å²) in [6, 6.07) is 12.5. The van der Waals surface area contributed by atoms with E-state index < -0.39 is 12.0 Å². The van der Waals surface area contributed by atoms with Crippen LogP contribution in [0.15, 0.2) is 53.5 Å². The summed E-state index contributed by atoms with van der Waals surface area (Å²) in [6.07, 6.45) is 2.84. The topological polar surface area (TPSA) is 78.3 Å². The van der Waals surface area contributed by atoms with Crippen LogP contribution in [-0.4, -0.2) is 38.6 Å². The van der Waals surface area contributed by atoms with E-state index in [1.165, 1.54) is 0 Å². The molecule has 27 heavy (non-hydrogen) atoms. The molecular weight excluding hydrogens is 342 g/mol. The lowest BCUT2D eigenvalue weighted by atomic mass is 9.82. The molecule has 0 aliphatic carbocycles. The Bertz CT molecular complexity index is 1080. The number of aromatic nitrogens is 2. The number of nitrogens with one attached hydrogen (secondary N) is 1. The van der Waals surface area contributed by atoms with Crippen LogP contribution >= 0.6 is 0 Å². The molecule has 1 aromatic carbocycles. The molecule has 2 N–H and O–H groups in total. The molecule has 6 heteroatoms. The molecule has 0 radical (unpaired) electrons. The Morgan fingerprint density at radius 1 is 1.11 bits per heavy atom. The highest BCUT2D eigenvalue weighted by atomic mass is 16.4. The Balaban J connectivity index is 1.54. The van der Waals surface area contributed by atoms with Crippen LogP contribution in [-0.2, 0) is 11.3 Å². The third-order valence-corrected chi connectivity index (χ3v) is 6.02. The first-order valence-electron chi connectivity index (χ1n) is 9.34. The number of carboxylic acids is 1. The van der Waals surface area contributed by atoms with Gasteiger partial charge in [0.15, 0.2) is 0 Å². The zero-order chi connectivity index (χ0) is 18.5. The van der Waals surface area contributed by atoms with Gasteiger partial charge in [-0.3, -0.25) is 14.5 Å². The van der Waals surface area contributed by atoms with Crippen LogP contribution < -0.4 is 5.56 Å². The summed E-state index contributed by atoms with van der Waals surface area (Å²) in [5.41, 5.74) is 2.84. The standard InChI is InChI=1S/C21H21N3O3/c25-19-7-3-6-18-14-8-13(11-24(18)19)10-23(12-14)20(21(26)27)16-9-22-17-5-2-1-4-15(16)17/h1-7,9,13-14,20,22H,8,10-12H2,(H,26,27)/t13-,14-,20+/m0/s1. The summed E-state index contributed by atoms with van der Waals surface area (Å²) in [5.74, 6) is -0.341. The number of para-hydroxylation sites is 1. The van der Waals surface area contributed by atoms with E-state index in [1.807, 2.05) is 47.2 Å². The number of hydrogen-bond donors (Lipinski definition) is 2. The fraction of sp³-hybridized carbons (Fsp3) is 0.333. The fourth-order valence-electron chi connectivity index (χ4n) is 4.95. The Labute approximate surface area is 156 Å². The molecule has 2 aliphatic heterocycles. The van der Waals surface area contributed by atoms with Crippen molar-refractivity contribution >= 4 is 16.9 Å². The van der Waals surface area contributed by atoms with E-state index in [1.54, 1.807) is 6.07 Å². The molecular formula is C21H21N3O3. The van der Waals surface area contributed by atoms with Crippen molar-refractivity contribution in [1.82, 2.24) is 14.5 Å². The number of fused-ring (bicyclic) bond motifs is 5. The van der Waals surface area contributed by atoms with E-state index in [4.69, 9.17) is 0 Å². The van der Waals surface area contributed by atoms with Crippen LogP contribution in [0.5, 0.6) is 0 Å². The summed E-state index contributed by atoms with van der Waals surface area (Å²) in [5, 5.41) is 11.0. The molecule has 4 heterocycles. The first-order chi connectivity index (χ1) is 13.1. The first kappa shape index (κ1) is 16.3. The van der Waals surface area contributed by atoms with Gasteiger partial charge >= 0.3 is 5.97 Å². The van der Waals surface area contributed by atoms with Gasteiger partial charge < -0.3 is 14.7 Å². The van der Waals surface area contributed by atoms with Gasteiger partial charge in [0, 0.05) is 60.0 Å². The number of hydrogen-bond acceptors (Lipinski definition) is 3. The average Bonchev–Trinajstić information content (AvgIpc) is 3.06. The van der Waals surface area contributed by atoms with E-state index >= 15 is 0 Å². The second-order valence-electron chi connectivity index (χ2n) is 7.68. The number of benzene rings is 1. The SMILES string of the molecule is O=C(O)[C@@H](c1c[nH]c2ccccc12)N1C[C@@H]2C[C@@H](C1)c1cccc(=O)n1C2. The van der Waals surface area contributed by atoms with Crippen molar-refractivity contribution in [2.24, 2.45) is 5.92 Å². The van der Waals surface area contributed by atoms with Crippen molar-refractivity contribution in [3.05, 3.63) is 70.3 Å². The second kappa shape index (κ2) is 6.09. The highest BCUT2D eigenvalue weighted by Gasteiger charge is 2.40. The molecule has 0 spiro atoms. The third kappa shape index (κ3) is 2.59. The van der Waals surface area contributed by atoms with E-state index in [2.05, 4.69) is 9.88 Å². The molecule has 1 saturated heterocycles. The largest absolute Gasteiger partial charge is 0.480 e. The lowest BCUT2D eigenvalue weighted by Gasteiger charge is -2.44. The fourth-order valence-corrected chi connectivity index (χ4v) is 4.95. The number of piperidine rings is 1. The van der Waals surface area contributed by atoms with Crippen molar-refractivity contribution in [2.75, 3.05) is 13.1 Å². The number of H-pyrrole nitrogens is 1. The van der Waals surface area contributed by atoms with E-state index in [0.29, 0.717) is 25.6 Å². The van der Waals surface area contributed by atoms with Crippen molar-refractivity contribution < 1.29 is 9.90 Å². The number of rotatable bonds is 3. The van der Waals surface area contributed by atoms with Gasteiger partial charge in [0.25, 0.3) is 5.56 Å². The van der Waals surface area contributed by atoms with Gasteiger partial charge in [-0.05, 0) is 24.5 Å². The van der Waals surface area contributed by atoms with E-state index in [0.717, 1.165) is 28.6 Å². The third-order valence-electron chi connectivity index (χ3n) is 6.02. The maximum absolute atomic E-state index is 12.2. The molecule has 0 amide bonds. The minimum Gasteiger partial charge on any atom is -0.480 e.